The highest BCUT2D eigenvalue weighted by atomic mass is 16.5. The molecule has 17 heavy (non-hydrogen) atoms. The van der Waals surface area contributed by atoms with E-state index in [1.807, 2.05) is 6.92 Å². The molecule has 0 atom stereocenters. The molecule has 0 aliphatic heterocycles. The van der Waals surface area contributed by atoms with E-state index in [0.717, 1.165) is 0 Å². The Balaban J connectivity index is 3.44. The van der Waals surface area contributed by atoms with Crippen LogP contribution in [0.1, 0.15) is 46.0 Å². The van der Waals surface area contributed by atoms with E-state index >= 15 is 0 Å². The first kappa shape index (κ1) is 13.3. The molecular formula is C12H17NO4. The number of carboxylic acid groups (broad SMARTS) is 1. The molecule has 0 spiro atoms. The first-order chi connectivity index (χ1) is 7.95. The summed E-state index contributed by atoms with van der Waals surface area (Å²) in [7, 11) is 0. The number of aromatic carboxylic acids is 1. The molecule has 1 N–H and O–H groups in total. The standard InChI is InChI=1S/C12H17NO4/c1-5-13-8(4)9(11(14)15)7(3)10(13)12(16)17-6-2/h5-6H2,1-4H3,(H,14,15). The fraction of sp³-hybridized carbons (Fsp3) is 0.500. The predicted octanol–water partition coefficient (Wildman–Crippen LogP) is 2.00. The third kappa shape index (κ3) is 2.18. The van der Waals surface area contributed by atoms with Crippen LogP contribution in [0.3, 0.4) is 0 Å². The van der Waals surface area contributed by atoms with Gasteiger partial charge in [0.05, 0.1) is 12.2 Å². The summed E-state index contributed by atoms with van der Waals surface area (Å²) in [6, 6.07) is 0. The Morgan fingerprint density at radius 2 is 1.88 bits per heavy atom. The second-order valence-electron chi connectivity index (χ2n) is 3.70. The van der Waals surface area contributed by atoms with Crippen LogP contribution in [-0.2, 0) is 11.3 Å². The van der Waals surface area contributed by atoms with E-state index in [4.69, 9.17) is 9.84 Å². The van der Waals surface area contributed by atoms with Gasteiger partial charge in [-0.2, -0.15) is 0 Å². The average Bonchev–Trinajstić information content (AvgIpc) is 2.49. The maximum atomic E-state index is 11.8. The zero-order valence-corrected chi connectivity index (χ0v) is 10.5. The van der Waals surface area contributed by atoms with Gasteiger partial charge >= 0.3 is 11.9 Å². The number of rotatable bonds is 4. The Morgan fingerprint density at radius 1 is 1.29 bits per heavy atom. The molecule has 5 heteroatoms. The van der Waals surface area contributed by atoms with Crippen molar-refractivity contribution in [1.82, 2.24) is 4.57 Å². The van der Waals surface area contributed by atoms with Gasteiger partial charge in [0.15, 0.2) is 0 Å². The number of aromatic nitrogens is 1. The zero-order chi connectivity index (χ0) is 13.2. The monoisotopic (exact) mass is 239 g/mol. The third-order valence-electron chi connectivity index (χ3n) is 2.77. The lowest BCUT2D eigenvalue weighted by Crippen LogP contribution is -2.13. The van der Waals surface area contributed by atoms with Crippen molar-refractivity contribution in [2.75, 3.05) is 6.61 Å². The summed E-state index contributed by atoms with van der Waals surface area (Å²) in [6.07, 6.45) is 0. The number of ether oxygens (including phenoxy) is 1. The van der Waals surface area contributed by atoms with Gasteiger partial charge in [0.1, 0.15) is 5.69 Å². The lowest BCUT2D eigenvalue weighted by molar-refractivity contribution is 0.0512. The minimum atomic E-state index is -1.02. The molecule has 0 aliphatic rings. The van der Waals surface area contributed by atoms with Crippen molar-refractivity contribution in [3.63, 3.8) is 0 Å². The van der Waals surface area contributed by atoms with Gasteiger partial charge in [-0.1, -0.05) is 0 Å². The molecule has 94 valence electrons. The van der Waals surface area contributed by atoms with Gasteiger partial charge in [-0.15, -0.1) is 0 Å². The summed E-state index contributed by atoms with van der Waals surface area (Å²) in [6.45, 7) is 7.72. The lowest BCUT2D eigenvalue weighted by Gasteiger charge is -2.08. The molecule has 0 unspecified atom stereocenters. The Hall–Kier alpha value is -1.78. The Bertz CT molecular complexity index is 460. The fourth-order valence-electron chi connectivity index (χ4n) is 2.07. The number of carbonyl (C=O) groups excluding carboxylic acids is 1. The molecule has 0 bridgehead atoms. The minimum absolute atomic E-state index is 0.190. The van der Waals surface area contributed by atoms with Gasteiger partial charge in [0.2, 0.25) is 0 Å². The van der Waals surface area contributed by atoms with Crippen LogP contribution in [-0.4, -0.2) is 28.2 Å². The molecule has 1 aromatic heterocycles. The van der Waals surface area contributed by atoms with Crippen molar-refractivity contribution in [1.29, 1.82) is 0 Å². The van der Waals surface area contributed by atoms with Crippen molar-refractivity contribution in [3.8, 4) is 0 Å². The van der Waals surface area contributed by atoms with Gasteiger partial charge in [-0.3, -0.25) is 0 Å². The second kappa shape index (κ2) is 5.03. The van der Waals surface area contributed by atoms with Gasteiger partial charge in [0, 0.05) is 12.2 Å². The van der Waals surface area contributed by atoms with E-state index in [1.54, 1.807) is 25.3 Å². The molecule has 0 saturated carbocycles. The molecule has 0 aromatic carbocycles. The van der Waals surface area contributed by atoms with E-state index in [1.165, 1.54) is 0 Å². The van der Waals surface area contributed by atoms with E-state index in [0.29, 0.717) is 23.5 Å². The first-order valence-corrected chi connectivity index (χ1v) is 5.55. The zero-order valence-electron chi connectivity index (χ0n) is 10.5. The molecule has 0 fully saturated rings. The molecule has 0 amide bonds. The Morgan fingerprint density at radius 3 is 2.29 bits per heavy atom. The lowest BCUT2D eigenvalue weighted by atomic mass is 10.1. The van der Waals surface area contributed by atoms with Crippen molar-refractivity contribution < 1.29 is 19.4 Å². The van der Waals surface area contributed by atoms with E-state index in [2.05, 4.69) is 0 Å². The van der Waals surface area contributed by atoms with Crippen molar-refractivity contribution in [2.24, 2.45) is 0 Å². The topological polar surface area (TPSA) is 68.5 Å². The number of carboxylic acids is 1. The van der Waals surface area contributed by atoms with E-state index < -0.39 is 11.9 Å². The smallest absolute Gasteiger partial charge is 0.355 e. The summed E-state index contributed by atoms with van der Waals surface area (Å²) in [5.41, 5.74) is 1.58. The van der Waals surface area contributed by atoms with Crippen LogP contribution in [0.2, 0.25) is 0 Å². The highest BCUT2D eigenvalue weighted by Gasteiger charge is 2.26. The predicted molar refractivity (Wildman–Crippen MR) is 62.5 cm³/mol. The van der Waals surface area contributed by atoms with Gasteiger partial charge in [-0.25, -0.2) is 9.59 Å². The summed E-state index contributed by atoms with van der Waals surface area (Å²) < 4.78 is 6.62. The highest BCUT2D eigenvalue weighted by Crippen LogP contribution is 2.23. The summed E-state index contributed by atoms with van der Waals surface area (Å²) in [4.78, 5) is 22.9. The molecule has 0 saturated heterocycles. The number of carbonyl (C=O) groups is 2. The maximum absolute atomic E-state index is 11.8. The van der Waals surface area contributed by atoms with Crippen molar-refractivity contribution in [3.05, 3.63) is 22.5 Å². The largest absolute Gasteiger partial charge is 0.478 e. The van der Waals surface area contributed by atoms with Crippen molar-refractivity contribution >= 4 is 11.9 Å². The summed E-state index contributed by atoms with van der Waals surface area (Å²) in [5, 5.41) is 9.13. The number of hydrogen-bond donors (Lipinski definition) is 1. The maximum Gasteiger partial charge on any atom is 0.355 e. The molecule has 1 aromatic rings. The van der Waals surface area contributed by atoms with Gasteiger partial charge < -0.3 is 14.4 Å². The van der Waals surface area contributed by atoms with Crippen LogP contribution in [0, 0.1) is 13.8 Å². The van der Waals surface area contributed by atoms with Crippen LogP contribution >= 0.6 is 0 Å². The third-order valence-corrected chi connectivity index (χ3v) is 2.77. The van der Waals surface area contributed by atoms with E-state index in [9.17, 15) is 9.59 Å². The average molecular weight is 239 g/mol. The Labute approximate surface area is 100 Å². The normalized spacial score (nSPS) is 10.4. The number of hydrogen-bond acceptors (Lipinski definition) is 3. The molecule has 5 nitrogen and oxygen atoms in total. The minimum Gasteiger partial charge on any atom is -0.478 e. The second-order valence-corrected chi connectivity index (χ2v) is 3.70. The molecule has 1 heterocycles. The van der Waals surface area contributed by atoms with Crippen LogP contribution < -0.4 is 0 Å². The number of nitrogens with zero attached hydrogens (tertiary/aromatic N) is 1. The SMILES string of the molecule is CCOC(=O)c1c(C)c(C(=O)O)c(C)n1CC. The van der Waals surface area contributed by atoms with Crippen LogP contribution in [0.25, 0.3) is 0 Å². The fourth-order valence-corrected chi connectivity index (χ4v) is 2.07. The highest BCUT2D eigenvalue weighted by molar-refractivity contribution is 5.98. The summed E-state index contributed by atoms with van der Waals surface area (Å²) >= 11 is 0. The number of esters is 1. The quantitative estimate of drug-likeness (QED) is 0.816. The molecule has 0 radical (unpaired) electrons. The molecular weight excluding hydrogens is 222 g/mol. The van der Waals surface area contributed by atoms with Crippen LogP contribution in [0.4, 0.5) is 0 Å². The first-order valence-electron chi connectivity index (χ1n) is 5.55. The Kier molecular flexibility index (Phi) is 3.93. The van der Waals surface area contributed by atoms with Gasteiger partial charge in [0.25, 0.3) is 0 Å². The summed E-state index contributed by atoms with van der Waals surface area (Å²) in [5.74, 6) is -1.49. The molecule has 0 aliphatic carbocycles. The molecule has 1 rings (SSSR count). The van der Waals surface area contributed by atoms with Crippen LogP contribution in [0.15, 0.2) is 0 Å². The van der Waals surface area contributed by atoms with Crippen molar-refractivity contribution in [2.45, 2.75) is 34.2 Å². The van der Waals surface area contributed by atoms with Crippen LogP contribution in [0.5, 0.6) is 0 Å². The van der Waals surface area contributed by atoms with Gasteiger partial charge in [-0.05, 0) is 33.3 Å². The van der Waals surface area contributed by atoms with E-state index in [-0.39, 0.29) is 12.2 Å².